The third-order valence-corrected chi connectivity index (χ3v) is 5.40. The number of fused-ring (bicyclic) bond motifs is 1. The number of carbonyl (C=O) groups is 1. The van der Waals surface area contributed by atoms with Crippen LogP contribution in [-0.4, -0.2) is 33.7 Å². The number of benzene rings is 1. The number of primary amides is 1. The zero-order chi connectivity index (χ0) is 19.0. The summed E-state index contributed by atoms with van der Waals surface area (Å²) >= 11 is 13.1. The van der Waals surface area contributed by atoms with Crippen molar-refractivity contribution in [1.82, 2.24) is 9.97 Å². The number of aliphatic hydroxyl groups excluding tert-OH is 1. The summed E-state index contributed by atoms with van der Waals surface area (Å²) in [4.78, 5) is 20.9. The van der Waals surface area contributed by atoms with Crippen LogP contribution in [0.1, 0.15) is 16.6 Å². The second-order valence-electron chi connectivity index (χ2n) is 5.48. The number of rotatable bonds is 5. The summed E-state index contributed by atoms with van der Waals surface area (Å²) in [6.07, 6.45) is -0.512. The highest BCUT2D eigenvalue weighted by molar-refractivity contribution is 7.59. The standard InChI is InChI=1S/C16H14Cl2N4O3S.H2S/c1-6(5-23)25-16-21-12(7-2-3-8(17)9(18)4-7)10-11(19)13(14(20)24)26-15(10)22-16;/h2-4,6,23H,5,19H2,1H3,(H2,20,24);1H2/t6-;/m0./s1. The minimum absolute atomic E-state index is 0. The van der Waals surface area contributed by atoms with Gasteiger partial charge < -0.3 is 21.3 Å². The average molecular weight is 447 g/mol. The molecule has 7 nitrogen and oxygen atoms in total. The van der Waals surface area contributed by atoms with Gasteiger partial charge in [-0.1, -0.05) is 29.3 Å². The van der Waals surface area contributed by atoms with E-state index in [-0.39, 0.29) is 36.7 Å². The fourth-order valence-electron chi connectivity index (χ4n) is 2.31. The molecule has 0 saturated carbocycles. The number of aromatic nitrogens is 2. The summed E-state index contributed by atoms with van der Waals surface area (Å²) in [5.41, 5.74) is 12.7. The number of nitrogens with two attached hydrogens (primary N) is 2. The van der Waals surface area contributed by atoms with E-state index in [9.17, 15) is 9.90 Å². The molecular weight excluding hydrogens is 431 g/mol. The number of hydrogen-bond donors (Lipinski definition) is 3. The van der Waals surface area contributed by atoms with Crippen LogP contribution in [-0.2, 0) is 0 Å². The molecule has 3 rings (SSSR count). The summed E-state index contributed by atoms with van der Waals surface area (Å²) in [6.45, 7) is 1.46. The lowest BCUT2D eigenvalue weighted by atomic mass is 10.1. The van der Waals surface area contributed by atoms with Gasteiger partial charge in [-0.3, -0.25) is 4.79 Å². The normalized spacial score (nSPS) is 11.9. The molecule has 1 amide bonds. The Labute approximate surface area is 175 Å². The van der Waals surface area contributed by atoms with Gasteiger partial charge in [0.15, 0.2) is 0 Å². The van der Waals surface area contributed by atoms with Gasteiger partial charge in [-0.05, 0) is 19.1 Å². The van der Waals surface area contributed by atoms with Gasteiger partial charge in [-0.2, -0.15) is 23.5 Å². The van der Waals surface area contributed by atoms with Crippen molar-refractivity contribution in [2.24, 2.45) is 5.73 Å². The summed E-state index contributed by atoms with van der Waals surface area (Å²) in [5.74, 6) is -0.656. The first-order valence-electron chi connectivity index (χ1n) is 7.44. The molecule has 0 spiro atoms. The van der Waals surface area contributed by atoms with Gasteiger partial charge >= 0.3 is 6.01 Å². The molecule has 2 heterocycles. The molecule has 0 aliphatic rings. The lowest BCUT2D eigenvalue weighted by Crippen LogP contribution is -2.17. The molecule has 5 N–H and O–H groups in total. The van der Waals surface area contributed by atoms with Crippen molar-refractivity contribution in [1.29, 1.82) is 0 Å². The first-order valence-corrected chi connectivity index (χ1v) is 9.01. The molecule has 144 valence electrons. The lowest BCUT2D eigenvalue weighted by molar-refractivity contribution is 0.100. The Morgan fingerprint density at radius 1 is 1.33 bits per heavy atom. The van der Waals surface area contributed by atoms with Gasteiger partial charge in [0.2, 0.25) is 0 Å². The first-order chi connectivity index (χ1) is 12.3. The summed E-state index contributed by atoms with van der Waals surface area (Å²) in [6, 6.07) is 5.02. The Morgan fingerprint density at radius 2 is 2.04 bits per heavy atom. The summed E-state index contributed by atoms with van der Waals surface area (Å²) in [5, 5.41) is 10.4. The number of anilines is 1. The predicted molar refractivity (Wildman–Crippen MR) is 113 cm³/mol. The maximum atomic E-state index is 11.6. The van der Waals surface area contributed by atoms with Crippen LogP contribution in [0, 0.1) is 0 Å². The SMILES string of the molecule is C[C@@H](CO)Oc1nc(-c2ccc(Cl)c(Cl)c2)c2c(N)c(C(N)=O)sc2n1.S. The van der Waals surface area contributed by atoms with E-state index in [4.69, 9.17) is 39.4 Å². The third-order valence-electron chi connectivity index (χ3n) is 3.55. The number of aliphatic hydroxyl groups is 1. The maximum Gasteiger partial charge on any atom is 0.318 e. The number of ether oxygens (including phenoxy) is 1. The molecular formula is C16H16Cl2N4O3S2. The monoisotopic (exact) mass is 446 g/mol. The molecule has 0 aliphatic carbocycles. The Bertz CT molecular complexity index is 1010. The number of hydrogen-bond acceptors (Lipinski definition) is 7. The van der Waals surface area contributed by atoms with Crippen LogP contribution in [0.15, 0.2) is 18.2 Å². The largest absolute Gasteiger partial charge is 0.458 e. The van der Waals surface area contributed by atoms with Crippen LogP contribution in [0.2, 0.25) is 10.0 Å². The number of amides is 1. The van der Waals surface area contributed by atoms with Gasteiger partial charge in [0.05, 0.1) is 33.4 Å². The molecule has 0 fully saturated rings. The highest BCUT2D eigenvalue weighted by Crippen LogP contribution is 2.40. The van der Waals surface area contributed by atoms with Crippen molar-refractivity contribution in [2.75, 3.05) is 12.3 Å². The number of nitrogens with zero attached hydrogens (tertiary/aromatic N) is 2. The van der Waals surface area contributed by atoms with E-state index in [2.05, 4.69) is 9.97 Å². The average Bonchev–Trinajstić information content (AvgIpc) is 2.93. The predicted octanol–water partition coefficient (Wildman–Crippen LogP) is 3.22. The van der Waals surface area contributed by atoms with Crippen LogP contribution < -0.4 is 16.2 Å². The van der Waals surface area contributed by atoms with Gasteiger partial charge in [0.1, 0.15) is 15.8 Å². The minimum Gasteiger partial charge on any atom is -0.458 e. The zero-order valence-electron chi connectivity index (χ0n) is 14.0. The van der Waals surface area contributed by atoms with Crippen LogP contribution in [0.25, 0.3) is 21.5 Å². The maximum absolute atomic E-state index is 11.6. The Morgan fingerprint density at radius 3 is 2.63 bits per heavy atom. The number of carbonyl (C=O) groups excluding carboxylic acids is 1. The molecule has 1 aromatic carbocycles. The number of halogens is 2. The molecule has 2 aromatic heterocycles. The molecule has 0 aliphatic heterocycles. The highest BCUT2D eigenvalue weighted by atomic mass is 35.5. The van der Waals surface area contributed by atoms with Crippen molar-refractivity contribution in [3.63, 3.8) is 0 Å². The van der Waals surface area contributed by atoms with E-state index >= 15 is 0 Å². The minimum atomic E-state index is -0.656. The van der Waals surface area contributed by atoms with Gasteiger partial charge in [-0.15, -0.1) is 11.3 Å². The van der Waals surface area contributed by atoms with Crippen molar-refractivity contribution < 1.29 is 14.6 Å². The van der Waals surface area contributed by atoms with Gasteiger partial charge in [0.25, 0.3) is 5.91 Å². The lowest BCUT2D eigenvalue weighted by Gasteiger charge is -2.12. The Kier molecular flexibility index (Phi) is 6.77. The van der Waals surface area contributed by atoms with Crippen molar-refractivity contribution in [2.45, 2.75) is 13.0 Å². The van der Waals surface area contributed by atoms with Crippen LogP contribution in [0.5, 0.6) is 6.01 Å². The van der Waals surface area contributed by atoms with E-state index in [1.165, 1.54) is 0 Å². The van der Waals surface area contributed by atoms with E-state index in [0.717, 1.165) is 11.3 Å². The molecule has 0 unspecified atom stereocenters. The van der Waals surface area contributed by atoms with E-state index in [1.807, 2.05) is 0 Å². The molecule has 3 aromatic rings. The second kappa shape index (κ2) is 8.49. The smallest absolute Gasteiger partial charge is 0.318 e. The quantitative estimate of drug-likeness (QED) is 0.552. The first kappa shape index (κ1) is 21.5. The van der Waals surface area contributed by atoms with Gasteiger partial charge in [0, 0.05) is 5.56 Å². The van der Waals surface area contributed by atoms with Crippen molar-refractivity contribution in [3.8, 4) is 17.3 Å². The van der Waals surface area contributed by atoms with E-state index in [0.29, 0.717) is 31.5 Å². The van der Waals surface area contributed by atoms with E-state index in [1.54, 1.807) is 25.1 Å². The number of nitrogen functional groups attached to an aromatic ring is 1. The Balaban J connectivity index is 0.00000261. The summed E-state index contributed by atoms with van der Waals surface area (Å²) < 4.78 is 5.52. The molecule has 27 heavy (non-hydrogen) atoms. The van der Waals surface area contributed by atoms with E-state index < -0.39 is 12.0 Å². The molecule has 11 heteroatoms. The summed E-state index contributed by atoms with van der Waals surface area (Å²) in [7, 11) is 0. The zero-order valence-corrected chi connectivity index (χ0v) is 17.3. The third kappa shape index (κ3) is 4.22. The molecule has 0 radical (unpaired) electrons. The van der Waals surface area contributed by atoms with Crippen LogP contribution in [0.3, 0.4) is 0 Å². The number of thiophene rings is 1. The highest BCUT2D eigenvalue weighted by Gasteiger charge is 2.22. The topological polar surface area (TPSA) is 124 Å². The van der Waals surface area contributed by atoms with Crippen molar-refractivity contribution in [3.05, 3.63) is 33.1 Å². The fourth-order valence-corrected chi connectivity index (χ4v) is 3.54. The van der Waals surface area contributed by atoms with Crippen LogP contribution in [0.4, 0.5) is 5.69 Å². The molecule has 0 bridgehead atoms. The van der Waals surface area contributed by atoms with Crippen molar-refractivity contribution >= 4 is 69.8 Å². The molecule has 0 saturated heterocycles. The van der Waals surface area contributed by atoms with Crippen LogP contribution >= 0.6 is 48.0 Å². The van der Waals surface area contributed by atoms with Gasteiger partial charge in [-0.25, -0.2) is 0 Å². The fraction of sp³-hybridized carbons (Fsp3) is 0.188. The molecule has 1 atom stereocenters. The Hall–Kier alpha value is -1.78. The second-order valence-corrected chi connectivity index (χ2v) is 7.30.